The van der Waals surface area contributed by atoms with E-state index in [1.54, 1.807) is 7.11 Å². The molecule has 0 aromatic heterocycles. The van der Waals surface area contributed by atoms with Crippen molar-refractivity contribution in [1.29, 1.82) is 0 Å². The van der Waals surface area contributed by atoms with Gasteiger partial charge in [0.15, 0.2) is 0 Å². The summed E-state index contributed by atoms with van der Waals surface area (Å²) in [5.74, 6) is -0.121. The molecule has 4 nitrogen and oxygen atoms in total. The lowest BCUT2D eigenvalue weighted by Gasteiger charge is -2.09. The Morgan fingerprint density at radius 1 is 1.26 bits per heavy atom. The van der Waals surface area contributed by atoms with E-state index in [1.165, 1.54) is 11.1 Å². The minimum atomic E-state index is -0.121. The molecule has 4 heteroatoms. The second kappa shape index (κ2) is 9.53. The van der Waals surface area contributed by atoms with Gasteiger partial charge in [0.05, 0.1) is 13.2 Å². The minimum Gasteiger partial charge on any atom is -0.466 e. The number of hydrogen-bond donors (Lipinski definition) is 1. The first-order valence-electron chi connectivity index (χ1n) is 6.70. The lowest BCUT2D eigenvalue weighted by atomic mass is 10.1. The number of rotatable bonds is 9. The van der Waals surface area contributed by atoms with Gasteiger partial charge < -0.3 is 14.8 Å². The fraction of sp³-hybridized carbons (Fsp3) is 0.533. The van der Waals surface area contributed by atoms with Crippen molar-refractivity contribution < 1.29 is 14.3 Å². The van der Waals surface area contributed by atoms with Crippen LogP contribution in [0.5, 0.6) is 0 Å². The Kier molecular flexibility index (Phi) is 7.86. The Labute approximate surface area is 115 Å². The number of esters is 1. The lowest BCUT2D eigenvalue weighted by molar-refractivity contribution is -0.143. The van der Waals surface area contributed by atoms with Gasteiger partial charge in [-0.05, 0) is 31.0 Å². The molecule has 1 rings (SSSR count). The van der Waals surface area contributed by atoms with Gasteiger partial charge in [-0.15, -0.1) is 0 Å². The molecule has 0 amide bonds. The van der Waals surface area contributed by atoms with Crippen LogP contribution in [0.3, 0.4) is 0 Å². The first-order chi connectivity index (χ1) is 9.27. The molecule has 0 fully saturated rings. The molecular weight excluding hydrogens is 242 g/mol. The van der Waals surface area contributed by atoms with Crippen LogP contribution in [0.15, 0.2) is 24.3 Å². The van der Waals surface area contributed by atoms with Gasteiger partial charge in [-0.25, -0.2) is 0 Å². The van der Waals surface area contributed by atoms with Crippen LogP contribution in [0.2, 0.25) is 0 Å². The highest BCUT2D eigenvalue weighted by Gasteiger charge is 2.02. The fourth-order valence-corrected chi connectivity index (χ4v) is 1.84. The monoisotopic (exact) mass is 265 g/mol. The molecule has 0 heterocycles. The minimum absolute atomic E-state index is 0.121. The van der Waals surface area contributed by atoms with Gasteiger partial charge in [0.1, 0.15) is 0 Å². The van der Waals surface area contributed by atoms with E-state index in [0.29, 0.717) is 19.6 Å². The van der Waals surface area contributed by atoms with Crippen molar-refractivity contribution >= 4 is 5.97 Å². The number of nitrogens with one attached hydrogen (secondary N) is 1. The molecule has 106 valence electrons. The van der Waals surface area contributed by atoms with Crippen molar-refractivity contribution in [2.45, 2.75) is 32.9 Å². The fourth-order valence-electron chi connectivity index (χ4n) is 1.84. The van der Waals surface area contributed by atoms with Crippen molar-refractivity contribution in [2.75, 3.05) is 20.3 Å². The molecule has 19 heavy (non-hydrogen) atoms. The Bertz CT molecular complexity index is 379. The maximum absolute atomic E-state index is 11.1. The van der Waals surface area contributed by atoms with Gasteiger partial charge in [-0.3, -0.25) is 4.79 Å². The molecule has 0 aliphatic carbocycles. The number of carbonyl (C=O) groups is 1. The molecule has 0 unspecified atom stereocenters. The molecule has 0 saturated heterocycles. The van der Waals surface area contributed by atoms with E-state index < -0.39 is 0 Å². The number of carbonyl (C=O) groups excluding carboxylic acids is 1. The van der Waals surface area contributed by atoms with Gasteiger partial charge in [-0.1, -0.05) is 24.3 Å². The largest absolute Gasteiger partial charge is 0.466 e. The third-order valence-electron chi connectivity index (χ3n) is 2.77. The van der Waals surface area contributed by atoms with Crippen LogP contribution in [0.4, 0.5) is 0 Å². The van der Waals surface area contributed by atoms with Gasteiger partial charge in [-0.2, -0.15) is 0 Å². The van der Waals surface area contributed by atoms with E-state index >= 15 is 0 Å². The van der Waals surface area contributed by atoms with Gasteiger partial charge in [0, 0.05) is 20.1 Å². The third kappa shape index (κ3) is 6.36. The van der Waals surface area contributed by atoms with Crippen LogP contribution in [0.1, 0.15) is 30.9 Å². The Balaban J connectivity index is 2.24. The van der Waals surface area contributed by atoms with Crippen molar-refractivity contribution in [1.82, 2.24) is 5.32 Å². The highest BCUT2D eigenvalue weighted by Crippen LogP contribution is 2.09. The standard InChI is InChI=1S/C15H23NO3/c1-3-19-15(17)9-6-10-16-11-13-7-4-5-8-14(13)12-18-2/h4-5,7-8,16H,3,6,9-12H2,1-2H3. The average Bonchev–Trinajstić information content (AvgIpc) is 2.41. The number of hydrogen-bond acceptors (Lipinski definition) is 4. The first kappa shape index (κ1) is 15.7. The van der Waals surface area contributed by atoms with E-state index in [0.717, 1.165) is 19.5 Å². The molecule has 0 saturated carbocycles. The molecule has 0 atom stereocenters. The average molecular weight is 265 g/mol. The van der Waals surface area contributed by atoms with Crippen LogP contribution >= 0.6 is 0 Å². The smallest absolute Gasteiger partial charge is 0.305 e. The Hall–Kier alpha value is -1.39. The van der Waals surface area contributed by atoms with E-state index in [2.05, 4.69) is 17.4 Å². The van der Waals surface area contributed by atoms with Crippen molar-refractivity contribution in [2.24, 2.45) is 0 Å². The van der Waals surface area contributed by atoms with Gasteiger partial charge in [0.2, 0.25) is 0 Å². The van der Waals surface area contributed by atoms with Crippen LogP contribution < -0.4 is 5.32 Å². The molecule has 0 bridgehead atoms. The molecule has 1 aromatic rings. The van der Waals surface area contributed by atoms with Gasteiger partial charge in [0.25, 0.3) is 0 Å². The summed E-state index contributed by atoms with van der Waals surface area (Å²) >= 11 is 0. The van der Waals surface area contributed by atoms with Crippen LogP contribution in [-0.4, -0.2) is 26.2 Å². The first-order valence-corrected chi connectivity index (χ1v) is 6.70. The summed E-state index contributed by atoms with van der Waals surface area (Å²) in [6, 6.07) is 8.19. The third-order valence-corrected chi connectivity index (χ3v) is 2.77. The quantitative estimate of drug-likeness (QED) is 0.549. The summed E-state index contributed by atoms with van der Waals surface area (Å²) in [4.78, 5) is 11.1. The van der Waals surface area contributed by atoms with Crippen molar-refractivity contribution in [3.8, 4) is 0 Å². The van der Waals surface area contributed by atoms with E-state index in [1.807, 2.05) is 19.1 Å². The number of ether oxygens (including phenoxy) is 2. The Morgan fingerprint density at radius 2 is 2.00 bits per heavy atom. The summed E-state index contributed by atoms with van der Waals surface area (Å²) in [6.45, 7) is 4.50. The van der Waals surface area contributed by atoms with Crippen LogP contribution in [0, 0.1) is 0 Å². The molecule has 1 aromatic carbocycles. The van der Waals surface area contributed by atoms with E-state index in [-0.39, 0.29) is 5.97 Å². The summed E-state index contributed by atoms with van der Waals surface area (Å²) < 4.78 is 10.0. The zero-order valence-electron chi connectivity index (χ0n) is 11.8. The number of methoxy groups -OCH3 is 1. The summed E-state index contributed by atoms with van der Waals surface area (Å²) in [7, 11) is 1.70. The molecule has 0 spiro atoms. The van der Waals surface area contributed by atoms with Crippen LogP contribution in [-0.2, 0) is 27.4 Å². The summed E-state index contributed by atoms with van der Waals surface area (Å²) in [6.07, 6.45) is 1.27. The summed E-state index contributed by atoms with van der Waals surface area (Å²) in [5, 5.41) is 3.33. The maximum Gasteiger partial charge on any atom is 0.305 e. The molecule has 0 aliphatic heterocycles. The normalized spacial score (nSPS) is 10.4. The zero-order valence-corrected chi connectivity index (χ0v) is 11.8. The van der Waals surface area contributed by atoms with E-state index in [9.17, 15) is 4.79 Å². The second-order valence-corrected chi connectivity index (χ2v) is 4.29. The zero-order chi connectivity index (χ0) is 13.9. The molecular formula is C15H23NO3. The SMILES string of the molecule is CCOC(=O)CCCNCc1ccccc1COC. The molecule has 0 radical (unpaired) electrons. The lowest BCUT2D eigenvalue weighted by Crippen LogP contribution is -2.17. The highest BCUT2D eigenvalue weighted by atomic mass is 16.5. The molecule has 0 aliphatic rings. The summed E-state index contributed by atoms with van der Waals surface area (Å²) in [5.41, 5.74) is 2.43. The Morgan fingerprint density at radius 3 is 2.68 bits per heavy atom. The predicted molar refractivity (Wildman–Crippen MR) is 74.7 cm³/mol. The number of benzene rings is 1. The topological polar surface area (TPSA) is 47.6 Å². The highest BCUT2D eigenvalue weighted by molar-refractivity contribution is 5.69. The maximum atomic E-state index is 11.1. The van der Waals surface area contributed by atoms with E-state index in [4.69, 9.17) is 9.47 Å². The molecule has 1 N–H and O–H groups in total. The second-order valence-electron chi connectivity index (χ2n) is 4.29. The van der Waals surface area contributed by atoms with Crippen molar-refractivity contribution in [3.63, 3.8) is 0 Å². The predicted octanol–water partition coefficient (Wildman–Crippen LogP) is 2.27. The van der Waals surface area contributed by atoms with Crippen LogP contribution in [0.25, 0.3) is 0 Å². The van der Waals surface area contributed by atoms with Gasteiger partial charge >= 0.3 is 5.97 Å². The van der Waals surface area contributed by atoms with Crippen molar-refractivity contribution in [3.05, 3.63) is 35.4 Å².